The van der Waals surface area contributed by atoms with Crippen LogP contribution in [0.2, 0.25) is 0 Å². The molecule has 1 aliphatic heterocycles. The predicted molar refractivity (Wildman–Crippen MR) is 73.9 cm³/mol. The van der Waals surface area contributed by atoms with Crippen LogP contribution in [0.1, 0.15) is 29.9 Å². The molecule has 2 aliphatic carbocycles. The predicted octanol–water partition coefficient (Wildman–Crippen LogP) is 1.44. The van der Waals surface area contributed by atoms with E-state index in [-0.39, 0.29) is 5.92 Å². The van der Waals surface area contributed by atoms with Crippen LogP contribution in [0.15, 0.2) is 24.3 Å². The van der Waals surface area contributed by atoms with Crippen LogP contribution < -0.4 is 10.6 Å². The molecule has 4 rings (SSSR count). The van der Waals surface area contributed by atoms with Gasteiger partial charge in [-0.15, -0.1) is 0 Å². The number of nitrogens with one attached hydrogen (secondary N) is 2. The van der Waals surface area contributed by atoms with E-state index in [1.165, 1.54) is 17.5 Å². The Bertz CT molecular complexity index is 507. The van der Waals surface area contributed by atoms with Gasteiger partial charge in [-0.05, 0) is 48.8 Å². The van der Waals surface area contributed by atoms with Gasteiger partial charge in [0.2, 0.25) is 5.91 Å². The molecule has 1 saturated carbocycles. The van der Waals surface area contributed by atoms with Crippen LogP contribution in [-0.2, 0) is 11.2 Å². The Morgan fingerprint density at radius 1 is 1.26 bits per heavy atom. The third-order valence-corrected chi connectivity index (χ3v) is 5.04. The molecule has 3 aliphatic rings. The second kappa shape index (κ2) is 4.34. The van der Waals surface area contributed by atoms with Gasteiger partial charge in [-0.25, -0.2) is 0 Å². The van der Waals surface area contributed by atoms with Crippen LogP contribution in [0.25, 0.3) is 0 Å². The molecule has 100 valence electrons. The van der Waals surface area contributed by atoms with Crippen molar-refractivity contribution in [1.82, 2.24) is 10.6 Å². The molecule has 1 heterocycles. The van der Waals surface area contributed by atoms with Crippen molar-refractivity contribution in [2.24, 2.45) is 11.8 Å². The maximum absolute atomic E-state index is 12.4. The minimum atomic E-state index is 0.240. The molecule has 19 heavy (non-hydrogen) atoms. The molecule has 4 atom stereocenters. The Hall–Kier alpha value is -1.35. The lowest BCUT2D eigenvalue weighted by molar-refractivity contribution is -0.123. The fourth-order valence-electron chi connectivity index (χ4n) is 4.00. The van der Waals surface area contributed by atoms with E-state index in [4.69, 9.17) is 0 Å². The number of hydrogen-bond acceptors (Lipinski definition) is 2. The molecule has 2 fully saturated rings. The summed E-state index contributed by atoms with van der Waals surface area (Å²) in [6, 6.07) is 9.01. The van der Waals surface area contributed by atoms with Crippen LogP contribution in [0.4, 0.5) is 0 Å². The highest BCUT2D eigenvalue weighted by Gasteiger charge is 2.57. The van der Waals surface area contributed by atoms with Gasteiger partial charge in [-0.2, -0.15) is 0 Å². The van der Waals surface area contributed by atoms with Crippen molar-refractivity contribution >= 4 is 5.91 Å². The van der Waals surface area contributed by atoms with Crippen molar-refractivity contribution in [3.8, 4) is 0 Å². The Balaban J connectivity index is 1.49. The maximum atomic E-state index is 12.4. The minimum Gasteiger partial charge on any atom is -0.352 e. The summed E-state index contributed by atoms with van der Waals surface area (Å²) in [4.78, 5) is 12.4. The van der Waals surface area contributed by atoms with Gasteiger partial charge in [0.05, 0.1) is 0 Å². The summed E-state index contributed by atoms with van der Waals surface area (Å²) in [5.41, 5.74) is 2.89. The van der Waals surface area contributed by atoms with E-state index in [1.807, 2.05) is 0 Å². The average molecular weight is 256 g/mol. The van der Waals surface area contributed by atoms with Crippen LogP contribution in [0, 0.1) is 11.8 Å². The van der Waals surface area contributed by atoms with Crippen molar-refractivity contribution in [3.63, 3.8) is 0 Å². The van der Waals surface area contributed by atoms with Crippen molar-refractivity contribution in [1.29, 1.82) is 0 Å². The van der Waals surface area contributed by atoms with Crippen LogP contribution in [-0.4, -0.2) is 25.0 Å². The first-order valence-electron chi connectivity index (χ1n) is 7.43. The van der Waals surface area contributed by atoms with Crippen molar-refractivity contribution in [3.05, 3.63) is 35.4 Å². The first kappa shape index (κ1) is 11.5. The zero-order valence-corrected chi connectivity index (χ0v) is 11.1. The monoisotopic (exact) mass is 256 g/mol. The van der Waals surface area contributed by atoms with Crippen molar-refractivity contribution in [2.75, 3.05) is 13.1 Å². The standard InChI is InChI=1S/C16H20N2O/c19-16(18-11-7-8-17-9-11)15-13-6-5-10-3-1-2-4-12(10)14(13)15/h1-4,11,13-15,17H,5-9H2,(H,18,19). The number of benzene rings is 1. The Morgan fingerprint density at radius 2 is 2.16 bits per heavy atom. The topological polar surface area (TPSA) is 41.1 Å². The lowest BCUT2D eigenvalue weighted by atomic mass is 9.92. The fourth-order valence-corrected chi connectivity index (χ4v) is 4.00. The van der Waals surface area contributed by atoms with Gasteiger partial charge in [0.1, 0.15) is 0 Å². The van der Waals surface area contributed by atoms with Crippen molar-refractivity contribution in [2.45, 2.75) is 31.2 Å². The quantitative estimate of drug-likeness (QED) is 0.840. The highest BCUT2D eigenvalue weighted by atomic mass is 16.2. The van der Waals surface area contributed by atoms with E-state index < -0.39 is 0 Å². The molecular weight excluding hydrogens is 236 g/mol. The highest BCUT2D eigenvalue weighted by molar-refractivity contribution is 5.84. The molecule has 0 bridgehead atoms. The van der Waals surface area contributed by atoms with Gasteiger partial charge in [-0.1, -0.05) is 24.3 Å². The Kier molecular flexibility index (Phi) is 2.62. The minimum absolute atomic E-state index is 0.240. The average Bonchev–Trinajstić information content (AvgIpc) is 2.98. The molecule has 1 amide bonds. The van der Waals surface area contributed by atoms with E-state index in [9.17, 15) is 4.79 Å². The second-order valence-electron chi connectivity index (χ2n) is 6.15. The number of amides is 1. The molecule has 3 heteroatoms. The summed E-state index contributed by atoms with van der Waals surface area (Å²) in [5.74, 6) is 1.63. The molecule has 4 unspecified atom stereocenters. The van der Waals surface area contributed by atoms with Gasteiger partial charge in [0, 0.05) is 18.5 Å². The smallest absolute Gasteiger partial charge is 0.224 e. The number of aryl methyl sites for hydroxylation is 1. The van der Waals surface area contributed by atoms with E-state index in [0.29, 0.717) is 23.8 Å². The molecule has 1 saturated heterocycles. The number of fused-ring (bicyclic) bond motifs is 3. The molecular formula is C16H20N2O. The summed E-state index contributed by atoms with van der Waals surface area (Å²) >= 11 is 0. The lowest BCUT2D eigenvalue weighted by Gasteiger charge is -2.13. The third-order valence-electron chi connectivity index (χ3n) is 5.04. The summed E-state index contributed by atoms with van der Waals surface area (Å²) < 4.78 is 0. The molecule has 0 aromatic heterocycles. The lowest BCUT2D eigenvalue weighted by Crippen LogP contribution is -2.37. The van der Waals surface area contributed by atoms with Gasteiger partial charge < -0.3 is 10.6 Å². The zero-order valence-electron chi connectivity index (χ0n) is 11.1. The maximum Gasteiger partial charge on any atom is 0.224 e. The van der Waals surface area contributed by atoms with Crippen LogP contribution in [0.5, 0.6) is 0 Å². The van der Waals surface area contributed by atoms with Gasteiger partial charge in [0.25, 0.3) is 0 Å². The summed E-state index contributed by atoms with van der Waals surface area (Å²) in [7, 11) is 0. The van der Waals surface area contributed by atoms with E-state index in [0.717, 1.165) is 25.9 Å². The highest BCUT2D eigenvalue weighted by Crippen LogP contribution is 2.59. The first-order valence-corrected chi connectivity index (χ1v) is 7.43. The van der Waals surface area contributed by atoms with Gasteiger partial charge in [-0.3, -0.25) is 4.79 Å². The fraction of sp³-hybridized carbons (Fsp3) is 0.562. The molecule has 1 aromatic carbocycles. The largest absolute Gasteiger partial charge is 0.352 e. The normalized spacial score (nSPS) is 35.4. The molecule has 0 radical (unpaired) electrons. The summed E-state index contributed by atoms with van der Waals surface area (Å²) in [6.45, 7) is 1.97. The Morgan fingerprint density at radius 3 is 3.00 bits per heavy atom. The summed E-state index contributed by atoms with van der Waals surface area (Å²) in [6.07, 6.45) is 3.40. The molecule has 1 aromatic rings. The molecule has 0 spiro atoms. The Labute approximate surface area is 113 Å². The van der Waals surface area contributed by atoms with Crippen LogP contribution in [0.3, 0.4) is 0 Å². The zero-order chi connectivity index (χ0) is 12.8. The van der Waals surface area contributed by atoms with E-state index in [1.54, 1.807) is 0 Å². The van der Waals surface area contributed by atoms with Gasteiger partial charge in [0.15, 0.2) is 0 Å². The number of hydrogen-bond donors (Lipinski definition) is 2. The first-order chi connectivity index (χ1) is 9.34. The van der Waals surface area contributed by atoms with Crippen LogP contribution >= 0.6 is 0 Å². The SMILES string of the molecule is O=C(NC1CCNC1)C1C2CCc3ccccc3C21. The van der Waals surface area contributed by atoms with E-state index in [2.05, 4.69) is 34.9 Å². The van der Waals surface area contributed by atoms with Crippen molar-refractivity contribution < 1.29 is 4.79 Å². The number of rotatable bonds is 2. The summed E-state index contributed by atoms with van der Waals surface area (Å²) in [5, 5.41) is 6.53. The number of carbonyl (C=O) groups is 1. The second-order valence-corrected chi connectivity index (χ2v) is 6.15. The third kappa shape index (κ3) is 1.88. The molecule has 2 N–H and O–H groups in total. The van der Waals surface area contributed by atoms with E-state index >= 15 is 0 Å². The van der Waals surface area contributed by atoms with Gasteiger partial charge >= 0.3 is 0 Å². The molecule has 3 nitrogen and oxygen atoms in total. The number of carbonyl (C=O) groups excluding carboxylic acids is 1.